The van der Waals surface area contributed by atoms with Crippen LogP contribution >= 0.6 is 23.1 Å². The molecular weight excluding hydrogens is 360 g/mol. The number of thiophene rings is 1. The molecule has 0 spiro atoms. The largest absolute Gasteiger partial charge is 0.365 e. The Hall–Kier alpha value is -2.85. The van der Waals surface area contributed by atoms with Crippen molar-refractivity contribution in [1.29, 1.82) is 5.41 Å². The summed E-state index contributed by atoms with van der Waals surface area (Å²) in [6.45, 7) is 1.77. The third-order valence-electron chi connectivity index (χ3n) is 3.35. The van der Waals surface area contributed by atoms with Crippen LogP contribution in [-0.4, -0.2) is 28.2 Å². The minimum Gasteiger partial charge on any atom is -0.365 e. The smallest absolute Gasteiger partial charge is 0.260 e. The molecule has 0 aliphatic carbocycles. The zero-order valence-corrected chi connectivity index (χ0v) is 14.7. The third-order valence-corrected chi connectivity index (χ3v) is 5.63. The van der Waals surface area contributed by atoms with Crippen molar-refractivity contribution in [2.75, 3.05) is 5.32 Å². The SMILES string of the molecule is Cc1cc(C(N)=O)sc1NC(=O)/C(C=N)=C1/NC=C(c2cn[nH]c2)S1. The number of carbonyl (C=O) groups excluding carboxylic acids is 2. The number of thioether (sulfide) groups is 1. The zero-order valence-electron chi connectivity index (χ0n) is 13.0. The highest BCUT2D eigenvalue weighted by Crippen LogP contribution is 2.37. The lowest BCUT2D eigenvalue weighted by atomic mass is 10.2. The fourth-order valence-electron chi connectivity index (χ4n) is 2.09. The van der Waals surface area contributed by atoms with E-state index in [1.165, 1.54) is 11.8 Å². The summed E-state index contributed by atoms with van der Waals surface area (Å²) in [5, 5.41) is 21.0. The van der Waals surface area contributed by atoms with Crippen LogP contribution in [0.25, 0.3) is 4.91 Å². The van der Waals surface area contributed by atoms with Gasteiger partial charge >= 0.3 is 0 Å². The second-order valence-corrected chi connectivity index (χ2v) is 7.17. The standard InChI is InChI=1S/C15H14N6O2S2/c1-7-2-10(12(17)22)24-14(7)21-13(23)9(3-16)15-18-6-11(25-15)8-4-19-20-5-8/h2-6,16,18H,1H3,(H2,17,22)(H,19,20)(H,21,23)/b15-9-,16-3?. The average molecular weight is 374 g/mol. The number of nitrogens with one attached hydrogen (secondary N) is 4. The number of anilines is 1. The van der Waals surface area contributed by atoms with Crippen LogP contribution in [0.4, 0.5) is 5.00 Å². The summed E-state index contributed by atoms with van der Waals surface area (Å²) in [5.74, 6) is -0.978. The summed E-state index contributed by atoms with van der Waals surface area (Å²) in [4.78, 5) is 25.0. The number of rotatable bonds is 5. The van der Waals surface area contributed by atoms with E-state index in [0.717, 1.165) is 33.6 Å². The Morgan fingerprint density at radius 3 is 2.84 bits per heavy atom. The fourth-order valence-corrected chi connectivity index (χ4v) is 3.96. The maximum atomic E-state index is 12.5. The number of aromatic nitrogens is 2. The van der Waals surface area contributed by atoms with Crippen molar-refractivity contribution in [3.63, 3.8) is 0 Å². The summed E-state index contributed by atoms with van der Waals surface area (Å²) in [6.07, 6.45) is 6.17. The molecule has 2 aromatic rings. The molecule has 8 nitrogen and oxygen atoms in total. The van der Waals surface area contributed by atoms with Gasteiger partial charge in [-0.2, -0.15) is 5.10 Å². The highest BCUT2D eigenvalue weighted by Gasteiger charge is 2.22. The number of H-pyrrole nitrogens is 1. The van der Waals surface area contributed by atoms with Crippen molar-refractivity contribution in [1.82, 2.24) is 15.5 Å². The lowest BCUT2D eigenvalue weighted by Crippen LogP contribution is -2.18. The van der Waals surface area contributed by atoms with Crippen LogP contribution < -0.4 is 16.4 Å². The van der Waals surface area contributed by atoms with E-state index in [1.807, 2.05) is 0 Å². The van der Waals surface area contributed by atoms with Crippen LogP contribution in [0.1, 0.15) is 20.8 Å². The first-order valence-electron chi connectivity index (χ1n) is 7.09. The molecule has 128 valence electrons. The molecule has 0 radical (unpaired) electrons. The molecule has 0 unspecified atom stereocenters. The summed E-state index contributed by atoms with van der Waals surface area (Å²) >= 11 is 2.45. The monoisotopic (exact) mass is 374 g/mol. The Balaban J connectivity index is 1.79. The molecule has 1 aliphatic heterocycles. The number of aryl methyl sites for hydroxylation is 1. The molecule has 2 aromatic heterocycles. The Morgan fingerprint density at radius 2 is 2.24 bits per heavy atom. The molecule has 3 heterocycles. The van der Waals surface area contributed by atoms with Gasteiger partial charge in [0.2, 0.25) is 0 Å². The summed E-state index contributed by atoms with van der Waals surface area (Å²) in [7, 11) is 0. The lowest BCUT2D eigenvalue weighted by molar-refractivity contribution is -0.112. The van der Waals surface area contributed by atoms with Crippen molar-refractivity contribution >= 4 is 51.0 Å². The van der Waals surface area contributed by atoms with Gasteiger partial charge in [0.25, 0.3) is 11.8 Å². The Kier molecular flexibility index (Phi) is 4.72. The maximum absolute atomic E-state index is 12.5. The van der Waals surface area contributed by atoms with Gasteiger partial charge in [0.1, 0.15) is 0 Å². The quantitative estimate of drug-likeness (QED) is 0.403. The lowest BCUT2D eigenvalue weighted by Gasteiger charge is -2.07. The summed E-state index contributed by atoms with van der Waals surface area (Å²) in [6, 6.07) is 1.63. The van der Waals surface area contributed by atoms with Gasteiger partial charge in [0, 0.05) is 29.1 Å². The molecule has 0 aromatic carbocycles. The van der Waals surface area contributed by atoms with Gasteiger partial charge in [-0.05, 0) is 18.6 Å². The Morgan fingerprint density at radius 1 is 1.44 bits per heavy atom. The van der Waals surface area contributed by atoms with Crippen molar-refractivity contribution in [2.45, 2.75) is 6.92 Å². The molecule has 25 heavy (non-hydrogen) atoms. The number of hydrogen-bond donors (Lipinski definition) is 5. The molecule has 10 heteroatoms. The second-order valence-electron chi connectivity index (χ2n) is 5.07. The van der Waals surface area contributed by atoms with Gasteiger partial charge in [-0.25, -0.2) is 0 Å². The number of nitrogens with two attached hydrogens (primary N) is 1. The van der Waals surface area contributed by atoms with E-state index in [0.29, 0.717) is 14.9 Å². The zero-order chi connectivity index (χ0) is 18.0. The predicted molar refractivity (Wildman–Crippen MR) is 99.3 cm³/mol. The van der Waals surface area contributed by atoms with Gasteiger partial charge in [-0.3, -0.25) is 14.7 Å². The molecule has 0 saturated carbocycles. The van der Waals surface area contributed by atoms with E-state index in [1.54, 1.807) is 31.6 Å². The van der Waals surface area contributed by atoms with Gasteiger partial charge in [-0.1, -0.05) is 11.8 Å². The topological polar surface area (TPSA) is 137 Å². The molecule has 0 fully saturated rings. The molecule has 0 saturated heterocycles. The molecule has 1 aliphatic rings. The van der Waals surface area contributed by atoms with Crippen molar-refractivity contribution in [3.05, 3.63) is 51.3 Å². The number of hydrogen-bond acceptors (Lipinski definition) is 7. The number of nitrogens with zero attached hydrogens (tertiary/aromatic N) is 1. The van der Waals surface area contributed by atoms with E-state index < -0.39 is 11.8 Å². The van der Waals surface area contributed by atoms with Crippen molar-refractivity contribution < 1.29 is 9.59 Å². The fraction of sp³-hybridized carbons (Fsp3) is 0.0667. The number of amides is 2. The van der Waals surface area contributed by atoms with Gasteiger partial charge in [0.15, 0.2) is 0 Å². The highest BCUT2D eigenvalue weighted by molar-refractivity contribution is 8.12. The van der Waals surface area contributed by atoms with E-state index in [-0.39, 0.29) is 5.57 Å². The van der Waals surface area contributed by atoms with E-state index >= 15 is 0 Å². The Labute approximate surface area is 151 Å². The van der Waals surface area contributed by atoms with Crippen LogP contribution in [-0.2, 0) is 4.79 Å². The van der Waals surface area contributed by atoms with Crippen LogP contribution in [0.2, 0.25) is 0 Å². The molecule has 0 bridgehead atoms. The molecule has 6 N–H and O–H groups in total. The molecule has 0 atom stereocenters. The van der Waals surface area contributed by atoms with Crippen LogP contribution in [0.5, 0.6) is 0 Å². The number of aromatic amines is 1. The van der Waals surface area contributed by atoms with Crippen molar-refractivity contribution in [2.24, 2.45) is 5.73 Å². The average Bonchev–Trinajstić information content (AvgIpc) is 3.29. The minimum absolute atomic E-state index is 0.188. The van der Waals surface area contributed by atoms with E-state index in [9.17, 15) is 9.59 Å². The summed E-state index contributed by atoms with van der Waals surface area (Å²) in [5.41, 5.74) is 7.08. The second kappa shape index (κ2) is 6.95. The minimum atomic E-state index is -0.541. The Bertz CT molecular complexity index is 911. The van der Waals surface area contributed by atoms with E-state index in [4.69, 9.17) is 11.1 Å². The predicted octanol–water partition coefficient (Wildman–Crippen LogP) is 2.01. The number of primary amides is 1. The van der Waals surface area contributed by atoms with Gasteiger partial charge in [-0.15, -0.1) is 11.3 Å². The van der Waals surface area contributed by atoms with E-state index in [2.05, 4.69) is 20.8 Å². The van der Waals surface area contributed by atoms with Crippen LogP contribution in [0, 0.1) is 12.3 Å². The third kappa shape index (κ3) is 3.49. The molecule has 3 rings (SSSR count). The number of carbonyl (C=O) groups is 2. The maximum Gasteiger partial charge on any atom is 0.260 e. The van der Waals surface area contributed by atoms with Gasteiger partial charge < -0.3 is 21.8 Å². The van der Waals surface area contributed by atoms with Crippen LogP contribution in [0.3, 0.4) is 0 Å². The normalized spacial score (nSPS) is 15.3. The first-order chi connectivity index (χ1) is 12.0. The van der Waals surface area contributed by atoms with Crippen molar-refractivity contribution in [3.8, 4) is 0 Å². The van der Waals surface area contributed by atoms with Gasteiger partial charge in [0.05, 0.1) is 26.7 Å². The molecular formula is C15H14N6O2S2. The van der Waals surface area contributed by atoms with Crippen LogP contribution in [0.15, 0.2) is 35.3 Å². The molecule has 2 amide bonds. The first kappa shape index (κ1) is 17.0. The first-order valence-corrected chi connectivity index (χ1v) is 8.73. The summed E-state index contributed by atoms with van der Waals surface area (Å²) < 4.78 is 0. The highest BCUT2D eigenvalue weighted by atomic mass is 32.2.